The SMILES string of the molecule is COC(=O)N/N=C\c1cn(CCOc2ccc(C)c(C)c2)c2ccccc12. The number of aromatic nitrogens is 1. The lowest BCUT2D eigenvalue weighted by Crippen LogP contribution is -2.16. The third-order valence-electron chi connectivity index (χ3n) is 4.44. The molecule has 0 spiro atoms. The minimum Gasteiger partial charge on any atom is -0.492 e. The average Bonchev–Trinajstić information content (AvgIpc) is 3.02. The van der Waals surface area contributed by atoms with Crippen LogP contribution in [0.15, 0.2) is 53.8 Å². The van der Waals surface area contributed by atoms with Gasteiger partial charge in [0, 0.05) is 22.7 Å². The molecule has 27 heavy (non-hydrogen) atoms. The van der Waals surface area contributed by atoms with Gasteiger partial charge >= 0.3 is 6.09 Å². The number of amides is 1. The summed E-state index contributed by atoms with van der Waals surface area (Å²) in [4.78, 5) is 11.1. The van der Waals surface area contributed by atoms with E-state index in [4.69, 9.17) is 4.74 Å². The molecule has 0 saturated heterocycles. The second-order valence-corrected chi connectivity index (χ2v) is 6.25. The molecule has 1 amide bonds. The Morgan fingerprint density at radius 3 is 2.78 bits per heavy atom. The van der Waals surface area contributed by atoms with Gasteiger partial charge in [0.1, 0.15) is 12.4 Å². The van der Waals surface area contributed by atoms with Crippen molar-refractivity contribution in [2.75, 3.05) is 13.7 Å². The minimum atomic E-state index is -0.600. The first-order valence-corrected chi connectivity index (χ1v) is 8.73. The molecule has 0 unspecified atom stereocenters. The van der Waals surface area contributed by atoms with E-state index in [1.807, 2.05) is 30.5 Å². The van der Waals surface area contributed by atoms with Gasteiger partial charge in [-0.1, -0.05) is 24.3 Å². The van der Waals surface area contributed by atoms with Gasteiger partial charge in [-0.25, -0.2) is 10.2 Å². The molecule has 140 valence electrons. The Kier molecular flexibility index (Phi) is 5.76. The predicted molar refractivity (Wildman–Crippen MR) is 106 cm³/mol. The van der Waals surface area contributed by atoms with Crippen molar-refractivity contribution in [3.05, 3.63) is 65.4 Å². The minimum absolute atomic E-state index is 0.554. The molecule has 1 N–H and O–H groups in total. The summed E-state index contributed by atoms with van der Waals surface area (Å²) in [5, 5.41) is 4.98. The first-order valence-electron chi connectivity index (χ1n) is 8.73. The molecule has 0 aliphatic rings. The summed E-state index contributed by atoms with van der Waals surface area (Å²) in [6, 6.07) is 14.2. The number of rotatable bonds is 6. The molecule has 0 aliphatic heterocycles. The zero-order valence-corrected chi connectivity index (χ0v) is 15.7. The van der Waals surface area contributed by atoms with Gasteiger partial charge in [0.05, 0.1) is 19.9 Å². The van der Waals surface area contributed by atoms with Crippen molar-refractivity contribution in [2.45, 2.75) is 20.4 Å². The summed E-state index contributed by atoms with van der Waals surface area (Å²) in [5.41, 5.74) is 6.77. The lowest BCUT2D eigenvalue weighted by atomic mass is 10.1. The Morgan fingerprint density at radius 1 is 1.19 bits per heavy atom. The second kappa shape index (κ2) is 8.40. The number of hydrogen-bond acceptors (Lipinski definition) is 4. The standard InChI is InChI=1S/C21H23N3O3/c1-15-8-9-18(12-16(15)2)27-11-10-24-14-17(13-22-23-21(25)26-3)19-6-4-5-7-20(19)24/h4-9,12-14H,10-11H2,1-3H3,(H,23,25)/b22-13-. The highest BCUT2D eigenvalue weighted by atomic mass is 16.5. The van der Waals surface area contributed by atoms with E-state index in [-0.39, 0.29) is 0 Å². The first kappa shape index (κ1) is 18.5. The van der Waals surface area contributed by atoms with Crippen LogP contribution in [0.3, 0.4) is 0 Å². The molecule has 0 bridgehead atoms. The highest BCUT2D eigenvalue weighted by molar-refractivity contribution is 5.99. The van der Waals surface area contributed by atoms with E-state index in [0.717, 1.165) is 22.2 Å². The number of carbonyl (C=O) groups is 1. The molecule has 0 aliphatic carbocycles. The summed E-state index contributed by atoms with van der Waals surface area (Å²) in [5.74, 6) is 0.874. The van der Waals surface area contributed by atoms with Gasteiger partial charge in [0.2, 0.25) is 0 Å². The molecule has 2 aromatic carbocycles. The van der Waals surface area contributed by atoms with Gasteiger partial charge in [0.15, 0.2) is 0 Å². The zero-order valence-electron chi connectivity index (χ0n) is 15.7. The molecule has 1 heterocycles. The molecular formula is C21H23N3O3. The fraction of sp³-hybridized carbons (Fsp3) is 0.238. The van der Waals surface area contributed by atoms with Crippen LogP contribution < -0.4 is 10.2 Å². The van der Waals surface area contributed by atoms with Gasteiger partial charge in [-0.2, -0.15) is 5.10 Å². The maximum absolute atomic E-state index is 11.1. The Bertz CT molecular complexity index is 976. The number of hydrazone groups is 1. The van der Waals surface area contributed by atoms with Crippen LogP contribution in [-0.2, 0) is 11.3 Å². The maximum atomic E-state index is 11.1. The predicted octanol–water partition coefficient (Wildman–Crippen LogP) is 4.03. The lowest BCUT2D eigenvalue weighted by Gasteiger charge is -2.10. The van der Waals surface area contributed by atoms with Crippen LogP contribution in [0.2, 0.25) is 0 Å². The van der Waals surface area contributed by atoms with Crippen LogP contribution in [-0.4, -0.2) is 30.6 Å². The zero-order chi connectivity index (χ0) is 19.2. The number of nitrogens with one attached hydrogen (secondary N) is 1. The van der Waals surface area contributed by atoms with Crippen molar-refractivity contribution < 1.29 is 14.3 Å². The molecule has 3 aromatic rings. The number of para-hydroxylation sites is 1. The Balaban J connectivity index is 1.72. The van der Waals surface area contributed by atoms with Crippen LogP contribution in [0.4, 0.5) is 4.79 Å². The fourth-order valence-corrected chi connectivity index (χ4v) is 2.83. The van der Waals surface area contributed by atoms with Crippen molar-refractivity contribution in [3.8, 4) is 5.75 Å². The fourth-order valence-electron chi connectivity index (χ4n) is 2.83. The number of ether oxygens (including phenoxy) is 2. The third kappa shape index (κ3) is 4.47. The van der Waals surface area contributed by atoms with Crippen LogP contribution in [0.1, 0.15) is 16.7 Å². The number of hydrogen-bond donors (Lipinski definition) is 1. The quantitative estimate of drug-likeness (QED) is 0.530. The summed E-state index contributed by atoms with van der Waals surface area (Å²) >= 11 is 0. The van der Waals surface area contributed by atoms with E-state index in [1.165, 1.54) is 18.2 Å². The second-order valence-electron chi connectivity index (χ2n) is 6.25. The molecule has 6 nitrogen and oxygen atoms in total. The molecule has 3 rings (SSSR count). The van der Waals surface area contributed by atoms with Crippen molar-refractivity contribution >= 4 is 23.2 Å². The number of carbonyl (C=O) groups excluding carboxylic acids is 1. The number of fused-ring (bicyclic) bond motifs is 1. The van der Waals surface area contributed by atoms with Gasteiger partial charge in [-0.15, -0.1) is 0 Å². The van der Waals surface area contributed by atoms with E-state index in [0.29, 0.717) is 13.2 Å². The summed E-state index contributed by atoms with van der Waals surface area (Å²) in [6.07, 6.45) is 3.01. The number of methoxy groups -OCH3 is 1. The summed E-state index contributed by atoms with van der Waals surface area (Å²) in [7, 11) is 1.30. The Hall–Kier alpha value is -3.28. The maximum Gasteiger partial charge on any atom is 0.427 e. The normalized spacial score (nSPS) is 11.1. The molecule has 0 radical (unpaired) electrons. The molecule has 1 aromatic heterocycles. The topological polar surface area (TPSA) is 64.8 Å². The number of aryl methyl sites for hydroxylation is 2. The first-order chi connectivity index (χ1) is 13.1. The van der Waals surface area contributed by atoms with Crippen molar-refractivity contribution in [3.63, 3.8) is 0 Å². The molecule has 0 fully saturated rings. The van der Waals surface area contributed by atoms with Crippen molar-refractivity contribution in [1.82, 2.24) is 9.99 Å². The molecule has 0 saturated carbocycles. The third-order valence-corrected chi connectivity index (χ3v) is 4.44. The number of nitrogens with zero attached hydrogens (tertiary/aromatic N) is 2. The molecule has 0 atom stereocenters. The largest absolute Gasteiger partial charge is 0.492 e. The number of benzene rings is 2. The van der Waals surface area contributed by atoms with Gasteiger partial charge < -0.3 is 14.0 Å². The van der Waals surface area contributed by atoms with E-state index >= 15 is 0 Å². The van der Waals surface area contributed by atoms with Crippen molar-refractivity contribution in [2.24, 2.45) is 5.10 Å². The van der Waals surface area contributed by atoms with Crippen LogP contribution >= 0.6 is 0 Å². The summed E-state index contributed by atoms with van der Waals surface area (Å²) < 4.78 is 12.5. The lowest BCUT2D eigenvalue weighted by molar-refractivity contribution is 0.171. The Labute approximate surface area is 158 Å². The summed E-state index contributed by atoms with van der Waals surface area (Å²) in [6.45, 7) is 5.42. The van der Waals surface area contributed by atoms with Crippen LogP contribution in [0, 0.1) is 13.8 Å². The van der Waals surface area contributed by atoms with Crippen LogP contribution in [0.5, 0.6) is 5.75 Å². The highest BCUT2D eigenvalue weighted by Crippen LogP contribution is 2.21. The van der Waals surface area contributed by atoms with Gasteiger partial charge in [-0.3, -0.25) is 0 Å². The van der Waals surface area contributed by atoms with E-state index < -0.39 is 6.09 Å². The monoisotopic (exact) mass is 365 g/mol. The van der Waals surface area contributed by atoms with Gasteiger partial charge in [-0.05, 0) is 43.2 Å². The average molecular weight is 365 g/mol. The van der Waals surface area contributed by atoms with Crippen molar-refractivity contribution in [1.29, 1.82) is 0 Å². The van der Waals surface area contributed by atoms with E-state index in [9.17, 15) is 4.79 Å². The van der Waals surface area contributed by atoms with Crippen LogP contribution in [0.25, 0.3) is 10.9 Å². The Morgan fingerprint density at radius 2 is 2.00 bits per heavy atom. The molecule has 6 heteroatoms. The van der Waals surface area contributed by atoms with E-state index in [2.05, 4.69) is 51.9 Å². The highest BCUT2D eigenvalue weighted by Gasteiger charge is 2.07. The smallest absolute Gasteiger partial charge is 0.427 e. The molecular weight excluding hydrogens is 342 g/mol. The van der Waals surface area contributed by atoms with Gasteiger partial charge in [0.25, 0.3) is 0 Å². The van der Waals surface area contributed by atoms with E-state index in [1.54, 1.807) is 6.21 Å².